The number of rotatable bonds is 7. The molecule has 1 unspecified atom stereocenters. The predicted octanol–water partition coefficient (Wildman–Crippen LogP) is 2.65. The van der Waals surface area contributed by atoms with Crippen molar-refractivity contribution in [3.05, 3.63) is 65.7 Å². The smallest absolute Gasteiger partial charge is 0.312 e. The van der Waals surface area contributed by atoms with Crippen LogP contribution in [-0.4, -0.2) is 36.2 Å². The Bertz CT molecular complexity index is 704. The lowest BCUT2D eigenvalue weighted by molar-refractivity contribution is -0.132. The normalized spacial score (nSPS) is 11.6. The number of primary amides is 1. The summed E-state index contributed by atoms with van der Waals surface area (Å²) in [7, 11) is 1.73. The number of amides is 3. The topological polar surface area (TPSA) is 75.4 Å². The van der Waals surface area contributed by atoms with E-state index in [1.807, 2.05) is 60.9 Å². The van der Waals surface area contributed by atoms with E-state index in [0.717, 1.165) is 11.1 Å². The molecule has 0 aliphatic carbocycles. The summed E-state index contributed by atoms with van der Waals surface area (Å²) < 4.78 is 0. The highest BCUT2D eigenvalue weighted by molar-refractivity contribution is 7.98. The van der Waals surface area contributed by atoms with Gasteiger partial charge in [-0.05, 0) is 29.5 Å². The third kappa shape index (κ3) is 5.83. The van der Waals surface area contributed by atoms with Gasteiger partial charge in [0.1, 0.15) is 6.04 Å². The number of carbonyl (C=O) groups excluding carboxylic acids is 2. The molecule has 5 nitrogen and oxygen atoms in total. The molecule has 2 aromatic carbocycles. The predicted molar refractivity (Wildman–Crippen MR) is 101 cm³/mol. The van der Waals surface area contributed by atoms with Gasteiger partial charge in [-0.15, -0.1) is 11.8 Å². The number of thioether (sulfide) groups is 1. The van der Waals surface area contributed by atoms with Crippen LogP contribution in [0.5, 0.6) is 0 Å². The van der Waals surface area contributed by atoms with Crippen LogP contribution in [0.4, 0.5) is 4.79 Å². The molecule has 0 aromatic heterocycles. The van der Waals surface area contributed by atoms with Crippen molar-refractivity contribution in [3.8, 4) is 0 Å². The molecule has 0 saturated heterocycles. The number of carbonyl (C=O) groups is 2. The van der Waals surface area contributed by atoms with Gasteiger partial charge in [-0.2, -0.15) is 0 Å². The lowest BCUT2D eigenvalue weighted by Gasteiger charge is -2.24. The minimum atomic E-state index is -0.702. The Kier molecular flexibility index (Phi) is 6.89. The van der Waals surface area contributed by atoms with Crippen molar-refractivity contribution >= 4 is 23.7 Å². The van der Waals surface area contributed by atoms with Crippen molar-refractivity contribution in [2.75, 3.05) is 13.3 Å². The first-order valence-electron chi connectivity index (χ1n) is 7.97. The Labute approximate surface area is 152 Å². The maximum Gasteiger partial charge on any atom is 0.312 e. The molecule has 3 amide bonds. The molecule has 0 heterocycles. The van der Waals surface area contributed by atoms with E-state index in [1.165, 1.54) is 4.90 Å². The fraction of sp³-hybridized carbons (Fsp3) is 0.263. The summed E-state index contributed by atoms with van der Waals surface area (Å²) in [6, 6.07) is 16.2. The van der Waals surface area contributed by atoms with Gasteiger partial charge in [0.25, 0.3) is 0 Å². The van der Waals surface area contributed by atoms with Crippen molar-refractivity contribution < 1.29 is 9.59 Å². The van der Waals surface area contributed by atoms with Crippen molar-refractivity contribution in [1.29, 1.82) is 0 Å². The van der Waals surface area contributed by atoms with E-state index < -0.39 is 12.1 Å². The van der Waals surface area contributed by atoms with Gasteiger partial charge in [-0.25, -0.2) is 4.79 Å². The lowest BCUT2D eigenvalue weighted by atomic mass is 10.0. The van der Waals surface area contributed by atoms with Crippen LogP contribution in [0.1, 0.15) is 11.1 Å². The summed E-state index contributed by atoms with van der Waals surface area (Å²) in [5.41, 5.74) is 7.24. The van der Waals surface area contributed by atoms with Crippen molar-refractivity contribution in [2.24, 2.45) is 5.73 Å². The monoisotopic (exact) mass is 357 g/mol. The number of nitrogens with zero attached hydrogens (tertiary/aromatic N) is 1. The first kappa shape index (κ1) is 18.9. The number of hydrogen-bond acceptors (Lipinski definition) is 3. The lowest BCUT2D eigenvalue weighted by Crippen LogP contribution is -2.50. The fourth-order valence-electron chi connectivity index (χ4n) is 2.57. The molecular weight excluding hydrogens is 334 g/mol. The largest absolute Gasteiger partial charge is 0.352 e. The number of benzene rings is 2. The SMILES string of the molecule is CSc1ccc(CN(C)C(=O)C(Cc2ccccc2)NC(N)=O)cc1. The molecule has 0 bridgehead atoms. The van der Waals surface area contributed by atoms with Crippen molar-refractivity contribution in [3.63, 3.8) is 0 Å². The van der Waals surface area contributed by atoms with Gasteiger partial charge in [0, 0.05) is 24.9 Å². The molecule has 0 fully saturated rings. The maximum atomic E-state index is 12.8. The van der Waals surface area contributed by atoms with Gasteiger partial charge in [0.2, 0.25) is 5.91 Å². The van der Waals surface area contributed by atoms with E-state index in [9.17, 15) is 9.59 Å². The molecule has 0 saturated carbocycles. The van der Waals surface area contributed by atoms with Crippen LogP contribution in [0.15, 0.2) is 59.5 Å². The zero-order valence-electron chi connectivity index (χ0n) is 14.4. The zero-order chi connectivity index (χ0) is 18.2. The number of nitrogens with two attached hydrogens (primary N) is 1. The molecule has 2 rings (SSSR count). The molecule has 0 spiro atoms. The quantitative estimate of drug-likeness (QED) is 0.748. The summed E-state index contributed by atoms with van der Waals surface area (Å²) in [5.74, 6) is -0.170. The van der Waals surface area contributed by atoms with Gasteiger partial charge in [-0.3, -0.25) is 4.79 Å². The van der Waals surface area contributed by atoms with Crippen molar-refractivity contribution in [1.82, 2.24) is 10.2 Å². The van der Waals surface area contributed by atoms with Gasteiger partial charge < -0.3 is 16.0 Å². The van der Waals surface area contributed by atoms with E-state index in [4.69, 9.17) is 5.73 Å². The second kappa shape index (κ2) is 9.13. The van der Waals surface area contributed by atoms with E-state index in [0.29, 0.717) is 13.0 Å². The highest BCUT2D eigenvalue weighted by Crippen LogP contribution is 2.16. The first-order chi connectivity index (χ1) is 12.0. The summed E-state index contributed by atoms with van der Waals surface area (Å²) in [6.07, 6.45) is 2.42. The Morgan fingerprint density at radius 2 is 1.72 bits per heavy atom. The number of nitrogens with one attached hydrogen (secondary N) is 1. The standard InChI is InChI=1S/C19H23N3O2S/c1-22(13-15-8-10-16(25-2)11-9-15)18(23)17(21-19(20)24)12-14-6-4-3-5-7-14/h3-11,17H,12-13H2,1-2H3,(H3,20,21,24). The molecule has 1 atom stereocenters. The van der Waals surface area contributed by atoms with E-state index in [1.54, 1.807) is 23.7 Å². The van der Waals surface area contributed by atoms with E-state index >= 15 is 0 Å². The highest BCUT2D eigenvalue weighted by atomic mass is 32.2. The summed E-state index contributed by atoms with van der Waals surface area (Å²) in [4.78, 5) is 26.8. The molecule has 2 aromatic rings. The molecule has 0 radical (unpaired) electrons. The fourth-order valence-corrected chi connectivity index (χ4v) is 2.98. The Morgan fingerprint density at radius 1 is 1.08 bits per heavy atom. The molecule has 25 heavy (non-hydrogen) atoms. The summed E-state index contributed by atoms with van der Waals surface area (Å²) >= 11 is 1.67. The minimum Gasteiger partial charge on any atom is -0.352 e. The molecule has 0 aliphatic rings. The van der Waals surface area contributed by atoms with Crippen LogP contribution in [-0.2, 0) is 17.8 Å². The van der Waals surface area contributed by atoms with E-state index in [-0.39, 0.29) is 5.91 Å². The number of likely N-dealkylation sites (N-methyl/N-ethyl adjacent to an activating group) is 1. The summed E-state index contributed by atoms with van der Waals surface area (Å²) in [6.45, 7) is 0.471. The van der Waals surface area contributed by atoms with Crippen LogP contribution in [0.2, 0.25) is 0 Å². The van der Waals surface area contributed by atoms with Crippen LogP contribution in [0, 0.1) is 0 Å². The number of urea groups is 1. The van der Waals surface area contributed by atoms with Gasteiger partial charge in [0.15, 0.2) is 0 Å². The first-order valence-corrected chi connectivity index (χ1v) is 9.20. The second-order valence-electron chi connectivity index (χ2n) is 5.79. The molecule has 3 N–H and O–H groups in total. The second-order valence-corrected chi connectivity index (χ2v) is 6.67. The highest BCUT2D eigenvalue weighted by Gasteiger charge is 2.23. The minimum absolute atomic E-state index is 0.170. The molecule has 0 aliphatic heterocycles. The number of hydrogen-bond donors (Lipinski definition) is 2. The Balaban J connectivity index is 2.06. The average molecular weight is 357 g/mol. The van der Waals surface area contributed by atoms with Gasteiger partial charge >= 0.3 is 6.03 Å². The van der Waals surface area contributed by atoms with Gasteiger partial charge in [0.05, 0.1) is 0 Å². The van der Waals surface area contributed by atoms with Crippen molar-refractivity contribution in [2.45, 2.75) is 23.9 Å². The van der Waals surface area contributed by atoms with Crippen LogP contribution in [0.25, 0.3) is 0 Å². The third-order valence-electron chi connectivity index (χ3n) is 3.85. The summed E-state index contributed by atoms with van der Waals surface area (Å²) in [5, 5.41) is 2.56. The maximum absolute atomic E-state index is 12.8. The molecular formula is C19H23N3O2S. The average Bonchev–Trinajstić information content (AvgIpc) is 2.61. The van der Waals surface area contributed by atoms with Crippen LogP contribution in [0.3, 0.4) is 0 Å². The van der Waals surface area contributed by atoms with Crippen LogP contribution >= 0.6 is 11.8 Å². The Hall–Kier alpha value is -2.47. The van der Waals surface area contributed by atoms with Crippen LogP contribution < -0.4 is 11.1 Å². The third-order valence-corrected chi connectivity index (χ3v) is 4.60. The molecule has 132 valence electrons. The zero-order valence-corrected chi connectivity index (χ0v) is 15.3. The van der Waals surface area contributed by atoms with E-state index in [2.05, 4.69) is 5.32 Å². The molecule has 6 heteroatoms. The van der Waals surface area contributed by atoms with Gasteiger partial charge in [-0.1, -0.05) is 42.5 Å². The Morgan fingerprint density at radius 3 is 2.28 bits per heavy atom.